The molecule has 3 rings (SSSR count). The number of likely N-dealkylation sites (N-methyl/N-ethyl adjacent to an activating group) is 1. The molecule has 1 aromatic heterocycles. The highest BCUT2D eigenvalue weighted by Crippen LogP contribution is 2.37. The molecule has 0 saturated carbocycles. The van der Waals surface area contributed by atoms with Crippen LogP contribution < -0.4 is 15.5 Å². The number of alkyl halides is 3. The van der Waals surface area contributed by atoms with Crippen molar-refractivity contribution in [3.8, 4) is 0 Å². The molecular weight excluding hydrogens is 390 g/mol. The average Bonchev–Trinajstić information content (AvgIpc) is 2.61. The van der Waals surface area contributed by atoms with E-state index in [1.165, 1.54) is 0 Å². The molecule has 1 aliphatic rings. The second-order valence-corrected chi connectivity index (χ2v) is 10.5. The first-order chi connectivity index (χ1) is 13.0. The molecule has 0 unspecified atom stereocenters. The molecule has 2 aromatic rings. The Morgan fingerprint density at radius 3 is 2.21 bits per heavy atom. The van der Waals surface area contributed by atoms with Crippen molar-refractivity contribution in [3.05, 3.63) is 36.0 Å². The van der Waals surface area contributed by atoms with Crippen LogP contribution in [0.2, 0.25) is 0 Å². The zero-order valence-electron chi connectivity index (χ0n) is 16.0. The van der Waals surface area contributed by atoms with Crippen molar-refractivity contribution in [3.63, 3.8) is 0 Å². The standard InChI is InChI=1S/C18H23F3N5OP/c1-25-8-10-26(11-9-25)16-15(18(19,20)21)12-22-17(24-16)23-13-4-6-14(7-5-13)28(2,3)27/h4-7,12H,8-11H2,1-3H3,(H,22,23,24). The van der Waals surface area contributed by atoms with Crippen LogP contribution in [0, 0.1) is 0 Å². The van der Waals surface area contributed by atoms with Gasteiger partial charge in [0.15, 0.2) is 0 Å². The first kappa shape index (κ1) is 20.6. The van der Waals surface area contributed by atoms with E-state index < -0.39 is 18.9 Å². The van der Waals surface area contributed by atoms with Crippen molar-refractivity contribution < 1.29 is 17.7 Å². The summed E-state index contributed by atoms with van der Waals surface area (Å²) in [5, 5.41) is 3.66. The number of halogens is 3. The van der Waals surface area contributed by atoms with Gasteiger partial charge in [0.25, 0.3) is 0 Å². The summed E-state index contributed by atoms with van der Waals surface area (Å²) in [7, 11) is -0.437. The van der Waals surface area contributed by atoms with E-state index in [2.05, 4.69) is 20.2 Å². The summed E-state index contributed by atoms with van der Waals surface area (Å²) in [5.74, 6) is -0.0211. The number of benzene rings is 1. The fraction of sp³-hybridized carbons (Fsp3) is 0.444. The summed E-state index contributed by atoms with van der Waals surface area (Å²) < 4.78 is 52.4. The lowest BCUT2D eigenvalue weighted by Crippen LogP contribution is -2.45. The lowest BCUT2D eigenvalue weighted by Gasteiger charge is -2.34. The topological polar surface area (TPSA) is 61.4 Å². The lowest BCUT2D eigenvalue weighted by atomic mass is 10.2. The summed E-state index contributed by atoms with van der Waals surface area (Å²) in [4.78, 5) is 11.7. The van der Waals surface area contributed by atoms with Crippen molar-refractivity contribution >= 4 is 29.9 Å². The first-order valence-electron chi connectivity index (χ1n) is 8.84. The van der Waals surface area contributed by atoms with Gasteiger partial charge in [-0.15, -0.1) is 0 Å². The van der Waals surface area contributed by atoms with Crippen molar-refractivity contribution in [2.24, 2.45) is 0 Å². The van der Waals surface area contributed by atoms with Crippen LogP contribution in [0.25, 0.3) is 0 Å². The largest absolute Gasteiger partial charge is 0.421 e. The van der Waals surface area contributed by atoms with E-state index in [0.717, 1.165) is 11.5 Å². The minimum absolute atomic E-state index is 0.0888. The molecule has 0 radical (unpaired) electrons. The van der Waals surface area contributed by atoms with Gasteiger partial charge in [-0.2, -0.15) is 18.2 Å². The first-order valence-corrected chi connectivity index (χ1v) is 11.4. The van der Waals surface area contributed by atoms with Gasteiger partial charge in [-0.3, -0.25) is 0 Å². The van der Waals surface area contributed by atoms with Gasteiger partial charge in [0, 0.05) is 43.4 Å². The number of anilines is 3. The third-order valence-electron chi connectivity index (χ3n) is 4.62. The number of nitrogens with zero attached hydrogens (tertiary/aromatic N) is 4. The van der Waals surface area contributed by atoms with E-state index in [4.69, 9.17) is 0 Å². The van der Waals surface area contributed by atoms with Gasteiger partial charge in [0.1, 0.15) is 18.5 Å². The van der Waals surface area contributed by atoms with E-state index in [0.29, 0.717) is 31.9 Å². The predicted octanol–water partition coefficient (Wildman–Crippen LogP) is 3.24. The highest BCUT2D eigenvalue weighted by Gasteiger charge is 2.37. The maximum Gasteiger partial charge on any atom is 0.421 e. The third-order valence-corrected chi connectivity index (χ3v) is 6.16. The molecule has 1 aromatic carbocycles. The van der Waals surface area contributed by atoms with Gasteiger partial charge in [0.2, 0.25) is 5.95 Å². The highest BCUT2D eigenvalue weighted by atomic mass is 31.2. The maximum atomic E-state index is 13.4. The van der Waals surface area contributed by atoms with Gasteiger partial charge in [-0.05, 0) is 44.6 Å². The predicted molar refractivity (Wildman–Crippen MR) is 106 cm³/mol. The number of nitrogens with one attached hydrogen (secondary N) is 1. The third kappa shape index (κ3) is 4.83. The van der Waals surface area contributed by atoms with Crippen LogP contribution in [0.5, 0.6) is 0 Å². The van der Waals surface area contributed by atoms with Crippen LogP contribution in [0.1, 0.15) is 5.56 Å². The molecule has 0 atom stereocenters. The van der Waals surface area contributed by atoms with E-state index in [9.17, 15) is 17.7 Å². The summed E-state index contributed by atoms with van der Waals surface area (Å²) in [6, 6.07) is 6.89. The number of piperazine rings is 1. The Kier molecular flexibility index (Phi) is 5.68. The average molecular weight is 413 g/mol. The van der Waals surface area contributed by atoms with E-state index in [1.54, 1.807) is 42.5 Å². The smallest absolute Gasteiger partial charge is 0.353 e. The van der Waals surface area contributed by atoms with Gasteiger partial charge in [-0.25, -0.2) is 4.98 Å². The van der Waals surface area contributed by atoms with Crippen LogP contribution in [0.15, 0.2) is 30.5 Å². The van der Waals surface area contributed by atoms with Crippen molar-refractivity contribution in [2.75, 3.05) is 56.8 Å². The molecule has 1 saturated heterocycles. The van der Waals surface area contributed by atoms with Crippen molar-refractivity contribution in [1.82, 2.24) is 14.9 Å². The van der Waals surface area contributed by atoms with Crippen LogP contribution in [0.3, 0.4) is 0 Å². The normalized spacial score (nSPS) is 16.3. The molecule has 0 aliphatic carbocycles. The van der Waals surface area contributed by atoms with E-state index in [-0.39, 0.29) is 11.8 Å². The van der Waals surface area contributed by atoms with Crippen LogP contribution in [-0.4, -0.2) is 61.4 Å². The Labute approximate surface area is 162 Å². The van der Waals surface area contributed by atoms with Crippen LogP contribution in [-0.2, 0) is 10.7 Å². The number of rotatable bonds is 4. The van der Waals surface area contributed by atoms with Crippen LogP contribution >= 0.6 is 7.14 Å². The SMILES string of the molecule is CN1CCN(c2nc(Nc3ccc(P(C)(C)=O)cc3)ncc2C(F)(F)F)CC1. The monoisotopic (exact) mass is 413 g/mol. The number of hydrogen-bond donors (Lipinski definition) is 1. The Balaban J connectivity index is 1.88. The second-order valence-electron chi connectivity index (χ2n) is 7.24. The Morgan fingerprint density at radius 2 is 1.68 bits per heavy atom. The van der Waals surface area contributed by atoms with Gasteiger partial charge in [-0.1, -0.05) is 0 Å². The summed E-state index contributed by atoms with van der Waals surface area (Å²) in [6.07, 6.45) is -3.70. The Morgan fingerprint density at radius 1 is 1.07 bits per heavy atom. The summed E-state index contributed by atoms with van der Waals surface area (Å²) in [5.41, 5.74) is -0.225. The molecule has 0 bridgehead atoms. The molecule has 10 heteroatoms. The molecule has 1 aliphatic heterocycles. The molecular formula is C18H23F3N5OP. The summed E-state index contributed by atoms with van der Waals surface area (Å²) >= 11 is 0. The van der Waals surface area contributed by atoms with Crippen molar-refractivity contribution in [1.29, 1.82) is 0 Å². The van der Waals surface area contributed by atoms with E-state index in [1.807, 2.05) is 7.05 Å². The molecule has 1 fully saturated rings. The fourth-order valence-electron chi connectivity index (χ4n) is 2.93. The Hall–Kier alpha value is -2.12. The van der Waals surface area contributed by atoms with E-state index >= 15 is 0 Å². The highest BCUT2D eigenvalue weighted by molar-refractivity contribution is 7.70. The minimum atomic E-state index is -4.53. The lowest BCUT2D eigenvalue weighted by molar-refractivity contribution is -0.137. The molecule has 0 spiro atoms. The molecule has 28 heavy (non-hydrogen) atoms. The maximum absolute atomic E-state index is 13.4. The minimum Gasteiger partial charge on any atom is -0.353 e. The Bertz CT molecular complexity index is 874. The second kappa shape index (κ2) is 7.72. The molecule has 1 N–H and O–H groups in total. The molecule has 152 valence electrons. The molecule has 6 nitrogen and oxygen atoms in total. The zero-order chi connectivity index (χ0) is 20.5. The van der Waals surface area contributed by atoms with Gasteiger partial charge < -0.3 is 19.7 Å². The summed E-state index contributed by atoms with van der Waals surface area (Å²) in [6.45, 7) is 5.62. The quantitative estimate of drug-likeness (QED) is 0.777. The fourth-order valence-corrected chi connectivity index (χ4v) is 3.79. The number of aromatic nitrogens is 2. The van der Waals surface area contributed by atoms with Gasteiger partial charge >= 0.3 is 6.18 Å². The zero-order valence-corrected chi connectivity index (χ0v) is 16.9. The van der Waals surface area contributed by atoms with Gasteiger partial charge in [0.05, 0.1) is 0 Å². The molecule has 2 heterocycles. The van der Waals surface area contributed by atoms with Crippen molar-refractivity contribution in [2.45, 2.75) is 6.18 Å². The van der Waals surface area contributed by atoms with Crippen LogP contribution in [0.4, 0.5) is 30.6 Å². The molecule has 0 amide bonds. The number of hydrogen-bond acceptors (Lipinski definition) is 6.